The van der Waals surface area contributed by atoms with E-state index in [2.05, 4.69) is 0 Å². The highest BCUT2D eigenvalue weighted by atomic mass is 32.2. The van der Waals surface area contributed by atoms with Gasteiger partial charge < -0.3 is 10.5 Å². The summed E-state index contributed by atoms with van der Waals surface area (Å²) >= 11 is 0. The van der Waals surface area contributed by atoms with Gasteiger partial charge >= 0.3 is 0 Å². The van der Waals surface area contributed by atoms with Gasteiger partial charge in [-0.3, -0.25) is 0 Å². The van der Waals surface area contributed by atoms with Crippen LogP contribution in [0.15, 0.2) is 29.2 Å². The highest BCUT2D eigenvalue weighted by Crippen LogP contribution is 2.28. The van der Waals surface area contributed by atoms with Gasteiger partial charge in [0.25, 0.3) is 0 Å². The molecule has 0 aromatic heterocycles. The molecule has 0 bridgehead atoms. The highest BCUT2D eigenvalue weighted by molar-refractivity contribution is 7.92. The quantitative estimate of drug-likeness (QED) is 0.907. The molecule has 1 saturated carbocycles. The average molecular weight is 269 g/mol. The lowest BCUT2D eigenvalue weighted by molar-refractivity contribution is 0.414. The summed E-state index contributed by atoms with van der Waals surface area (Å²) in [6.45, 7) is 0. The maximum absolute atomic E-state index is 12.5. The zero-order valence-electron chi connectivity index (χ0n) is 10.5. The normalized spacial score (nSPS) is 24.8. The Balaban J connectivity index is 2.28. The van der Waals surface area contributed by atoms with E-state index in [0.29, 0.717) is 17.1 Å². The third-order valence-electron chi connectivity index (χ3n) is 3.54. The molecule has 2 unspecified atom stereocenters. The van der Waals surface area contributed by atoms with Gasteiger partial charge in [0, 0.05) is 6.04 Å². The SMILES string of the molecule is COc1ccc(S(=O)(=O)C2CCCCC2N)cc1. The highest BCUT2D eigenvalue weighted by Gasteiger charge is 2.34. The van der Waals surface area contributed by atoms with E-state index in [1.165, 1.54) is 0 Å². The Bertz CT molecular complexity index is 495. The Morgan fingerprint density at radius 3 is 2.33 bits per heavy atom. The predicted molar refractivity (Wildman–Crippen MR) is 70.4 cm³/mol. The molecule has 0 radical (unpaired) electrons. The number of ether oxygens (including phenoxy) is 1. The lowest BCUT2D eigenvalue weighted by atomic mass is 9.96. The minimum Gasteiger partial charge on any atom is -0.497 e. The van der Waals surface area contributed by atoms with Gasteiger partial charge in [-0.15, -0.1) is 0 Å². The van der Waals surface area contributed by atoms with Crippen LogP contribution in [0.4, 0.5) is 0 Å². The Hall–Kier alpha value is -1.07. The molecule has 2 N–H and O–H groups in total. The van der Waals surface area contributed by atoms with Crippen molar-refractivity contribution in [3.05, 3.63) is 24.3 Å². The fourth-order valence-electron chi connectivity index (χ4n) is 2.45. The van der Waals surface area contributed by atoms with E-state index in [1.807, 2.05) is 0 Å². The lowest BCUT2D eigenvalue weighted by Gasteiger charge is -2.28. The first-order chi connectivity index (χ1) is 8.55. The van der Waals surface area contributed by atoms with Gasteiger partial charge in [-0.2, -0.15) is 0 Å². The Morgan fingerprint density at radius 1 is 1.17 bits per heavy atom. The predicted octanol–water partition coefficient (Wildman–Crippen LogP) is 1.74. The summed E-state index contributed by atoms with van der Waals surface area (Å²) in [4.78, 5) is 0.339. The van der Waals surface area contributed by atoms with Gasteiger partial charge in [-0.05, 0) is 37.1 Å². The molecule has 1 aromatic carbocycles. The molecular formula is C13H19NO3S. The first-order valence-electron chi connectivity index (χ1n) is 6.19. The number of methoxy groups -OCH3 is 1. The lowest BCUT2D eigenvalue weighted by Crippen LogP contribution is -2.42. The Labute approximate surface area is 108 Å². The molecule has 0 aliphatic heterocycles. The number of benzene rings is 1. The van der Waals surface area contributed by atoms with Crippen molar-refractivity contribution >= 4 is 9.84 Å². The molecule has 2 rings (SSSR count). The van der Waals surface area contributed by atoms with Crippen LogP contribution in [0.25, 0.3) is 0 Å². The number of nitrogens with two attached hydrogens (primary N) is 1. The maximum Gasteiger partial charge on any atom is 0.182 e. The smallest absolute Gasteiger partial charge is 0.182 e. The topological polar surface area (TPSA) is 69.4 Å². The zero-order chi connectivity index (χ0) is 13.2. The van der Waals surface area contributed by atoms with E-state index in [1.54, 1.807) is 31.4 Å². The molecule has 100 valence electrons. The molecule has 1 fully saturated rings. The van der Waals surface area contributed by atoms with Crippen LogP contribution in [0.2, 0.25) is 0 Å². The number of hydrogen-bond acceptors (Lipinski definition) is 4. The van der Waals surface area contributed by atoms with E-state index < -0.39 is 15.1 Å². The monoisotopic (exact) mass is 269 g/mol. The van der Waals surface area contributed by atoms with Gasteiger partial charge in [0.05, 0.1) is 17.3 Å². The largest absolute Gasteiger partial charge is 0.497 e. The first-order valence-corrected chi connectivity index (χ1v) is 7.74. The van der Waals surface area contributed by atoms with Crippen LogP contribution in [0.1, 0.15) is 25.7 Å². The average Bonchev–Trinajstić information content (AvgIpc) is 2.39. The van der Waals surface area contributed by atoms with Crippen molar-refractivity contribution in [2.45, 2.75) is 41.9 Å². The molecule has 5 heteroatoms. The summed E-state index contributed by atoms with van der Waals surface area (Å²) in [5.74, 6) is 0.655. The fourth-order valence-corrected chi connectivity index (χ4v) is 4.39. The van der Waals surface area contributed by atoms with E-state index in [9.17, 15) is 8.42 Å². The molecular weight excluding hydrogens is 250 g/mol. The van der Waals surface area contributed by atoms with Crippen LogP contribution in [0.3, 0.4) is 0 Å². The third-order valence-corrected chi connectivity index (χ3v) is 5.85. The van der Waals surface area contributed by atoms with E-state index >= 15 is 0 Å². The van der Waals surface area contributed by atoms with Crippen molar-refractivity contribution in [3.63, 3.8) is 0 Å². The second-order valence-corrected chi connectivity index (χ2v) is 6.87. The van der Waals surface area contributed by atoms with E-state index in [4.69, 9.17) is 10.5 Å². The molecule has 0 spiro atoms. The second kappa shape index (κ2) is 5.28. The summed E-state index contributed by atoms with van der Waals surface area (Å²) in [6, 6.07) is 6.28. The minimum atomic E-state index is -3.32. The summed E-state index contributed by atoms with van der Waals surface area (Å²) < 4.78 is 30.0. The Morgan fingerprint density at radius 2 is 1.78 bits per heavy atom. The molecule has 18 heavy (non-hydrogen) atoms. The standard InChI is InChI=1S/C13H19NO3S/c1-17-10-6-8-11(9-7-10)18(15,16)13-5-3-2-4-12(13)14/h6-9,12-13H,2-5,14H2,1H3. The van der Waals surface area contributed by atoms with Crippen LogP contribution in [0.5, 0.6) is 5.75 Å². The van der Waals surface area contributed by atoms with Crippen molar-refractivity contribution in [2.24, 2.45) is 5.73 Å². The molecule has 1 aromatic rings. The van der Waals surface area contributed by atoms with Crippen molar-refractivity contribution in [1.29, 1.82) is 0 Å². The number of hydrogen-bond donors (Lipinski definition) is 1. The van der Waals surface area contributed by atoms with Crippen LogP contribution in [0, 0.1) is 0 Å². The van der Waals surface area contributed by atoms with Crippen LogP contribution >= 0.6 is 0 Å². The van der Waals surface area contributed by atoms with Gasteiger partial charge in [0.15, 0.2) is 9.84 Å². The first kappa shape index (κ1) is 13.4. The molecule has 1 aliphatic rings. The van der Waals surface area contributed by atoms with Gasteiger partial charge in [0.2, 0.25) is 0 Å². The summed E-state index contributed by atoms with van der Waals surface area (Å²) in [5, 5.41) is -0.445. The molecule has 0 saturated heterocycles. The molecule has 4 nitrogen and oxygen atoms in total. The molecule has 1 aliphatic carbocycles. The van der Waals surface area contributed by atoms with E-state index in [0.717, 1.165) is 19.3 Å². The second-order valence-electron chi connectivity index (χ2n) is 4.71. The minimum absolute atomic E-state index is 0.245. The molecule has 2 atom stereocenters. The summed E-state index contributed by atoms with van der Waals surface area (Å²) in [7, 11) is -1.76. The van der Waals surface area contributed by atoms with Crippen LogP contribution < -0.4 is 10.5 Å². The van der Waals surface area contributed by atoms with Crippen LogP contribution in [-0.4, -0.2) is 26.8 Å². The molecule has 0 amide bonds. The summed E-state index contributed by atoms with van der Waals surface area (Å²) in [5.41, 5.74) is 5.95. The number of rotatable bonds is 3. The Kier molecular flexibility index (Phi) is 3.92. The van der Waals surface area contributed by atoms with Crippen molar-refractivity contribution in [1.82, 2.24) is 0 Å². The van der Waals surface area contributed by atoms with Crippen molar-refractivity contribution in [2.75, 3.05) is 7.11 Å². The third kappa shape index (κ3) is 2.52. The van der Waals surface area contributed by atoms with Gasteiger partial charge in [-0.1, -0.05) is 12.8 Å². The number of sulfone groups is 1. The van der Waals surface area contributed by atoms with Crippen LogP contribution in [-0.2, 0) is 9.84 Å². The molecule has 0 heterocycles. The van der Waals surface area contributed by atoms with E-state index in [-0.39, 0.29) is 6.04 Å². The van der Waals surface area contributed by atoms with Gasteiger partial charge in [-0.25, -0.2) is 8.42 Å². The summed E-state index contributed by atoms with van der Waals surface area (Å²) in [6.07, 6.45) is 3.42. The van der Waals surface area contributed by atoms with Crippen molar-refractivity contribution in [3.8, 4) is 5.75 Å². The zero-order valence-corrected chi connectivity index (χ0v) is 11.3. The fraction of sp³-hybridized carbons (Fsp3) is 0.538. The van der Waals surface area contributed by atoms with Crippen molar-refractivity contribution < 1.29 is 13.2 Å². The van der Waals surface area contributed by atoms with Gasteiger partial charge in [0.1, 0.15) is 5.75 Å². The maximum atomic E-state index is 12.5.